The average molecular weight is 416 g/mol. The second-order valence-corrected chi connectivity index (χ2v) is 10.7. The molecule has 5 aliphatic rings. The number of fused-ring (bicyclic) bond motifs is 1. The Morgan fingerprint density at radius 2 is 2.13 bits per heavy atom. The van der Waals surface area contributed by atoms with Crippen molar-refractivity contribution in [2.24, 2.45) is 17.3 Å². The molecule has 5 heteroatoms. The van der Waals surface area contributed by atoms with Crippen molar-refractivity contribution >= 4 is 5.91 Å². The number of aromatic hydroxyl groups is 1. The van der Waals surface area contributed by atoms with Crippen LogP contribution in [0.25, 0.3) is 0 Å². The van der Waals surface area contributed by atoms with Crippen molar-refractivity contribution in [3.63, 3.8) is 0 Å². The van der Waals surface area contributed by atoms with E-state index in [0.29, 0.717) is 29.3 Å². The zero-order valence-electron chi connectivity index (χ0n) is 18.0. The summed E-state index contributed by atoms with van der Waals surface area (Å²) in [7, 11) is 2.31. The van der Waals surface area contributed by atoms with Crippen molar-refractivity contribution in [3.05, 3.63) is 59.4 Å². The molecule has 1 aromatic heterocycles. The number of pyridine rings is 1. The number of hydrogen-bond acceptors (Lipinski definition) is 4. The Hall–Kier alpha value is -2.40. The van der Waals surface area contributed by atoms with Crippen LogP contribution in [0.1, 0.15) is 47.3 Å². The number of benzene rings is 1. The number of rotatable bonds is 1. The first-order valence-corrected chi connectivity index (χ1v) is 11.8. The molecule has 1 N–H and O–H groups in total. The molecule has 2 saturated heterocycles. The number of carbonyl (C=O) groups is 1. The van der Waals surface area contributed by atoms with Crippen molar-refractivity contribution in [1.29, 1.82) is 0 Å². The topological polar surface area (TPSA) is 56.7 Å². The van der Waals surface area contributed by atoms with Gasteiger partial charge >= 0.3 is 0 Å². The molecule has 2 saturated carbocycles. The predicted molar refractivity (Wildman–Crippen MR) is 117 cm³/mol. The summed E-state index contributed by atoms with van der Waals surface area (Å²) in [4.78, 5) is 22.6. The maximum atomic E-state index is 13.5. The van der Waals surface area contributed by atoms with Gasteiger partial charge in [0.05, 0.1) is 0 Å². The number of carbonyl (C=O) groups excluding carboxylic acids is 1. The summed E-state index contributed by atoms with van der Waals surface area (Å²) in [6.45, 7) is 1.96. The summed E-state index contributed by atoms with van der Waals surface area (Å²) in [5.41, 5.74) is 3.76. The van der Waals surface area contributed by atoms with Crippen LogP contribution in [0.2, 0.25) is 0 Å². The normalized spacial score (nSPS) is 39.8. The molecule has 160 valence electrons. The number of likely N-dealkylation sites (N-methyl/N-ethyl adjacent to an activating group) is 1. The average Bonchev–Trinajstić information content (AvgIpc) is 3.23. The van der Waals surface area contributed by atoms with Gasteiger partial charge in [-0.25, -0.2) is 0 Å². The van der Waals surface area contributed by atoms with E-state index in [-0.39, 0.29) is 22.8 Å². The van der Waals surface area contributed by atoms with Crippen molar-refractivity contribution in [3.8, 4) is 5.75 Å². The molecule has 2 aliphatic heterocycles. The highest BCUT2D eigenvalue weighted by Gasteiger charge is 2.76. The van der Waals surface area contributed by atoms with Gasteiger partial charge < -0.3 is 14.9 Å². The number of phenolic OH excluding ortho intramolecular Hbond substituents is 1. The molecule has 31 heavy (non-hydrogen) atoms. The van der Waals surface area contributed by atoms with E-state index in [1.165, 1.54) is 24.0 Å². The molecule has 4 fully saturated rings. The molecule has 6 atom stereocenters. The number of likely N-dealkylation sites (tertiary alicyclic amines) is 2. The fourth-order valence-electron chi connectivity index (χ4n) is 9.10. The zero-order chi connectivity index (χ0) is 21.0. The first-order valence-electron chi connectivity index (χ1n) is 11.8. The Kier molecular flexibility index (Phi) is 3.46. The van der Waals surface area contributed by atoms with Crippen LogP contribution >= 0.6 is 0 Å². The second kappa shape index (κ2) is 5.89. The van der Waals surface area contributed by atoms with Crippen LogP contribution in [0, 0.1) is 17.3 Å². The van der Waals surface area contributed by atoms with Crippen LogP contribution in [0.4, 0.5) is 0 Å². The number of piperidine rings is 1. The molecule has 3 heterocycles. The lowest BCUT2D eigenvalue weighted by atomic mass is 9.43. The third-order valence-electron chi connectivity index (χ3n) is 9.89. The quantitative estimate of drug-likeness (QED) is 0.777. The minimum atomic E-state index is 0.0865. The standard InChI is InChI=1S/C26H29N3O2/c1-28-11-9-26-19-13-18(30)6-5-16(19)12-22(28)25(26)8-7-21-23(26)17(14-25)15-29(21)24(31)20-4-2-3-10-27-20/h2-6,10,13,17,21-23,30H,7-9,11-12,14-15H2,1H3/t17-,21?,22-,23?,25-,26+/m1/s1. The molecular formula is C26H29N3O2. The first-order chi connectivity index (χ1) is 15.0. The Morgan fingerprint density at radius 3 is 2.97 bits per heavy atom. The minimum absolute atomic E-state index is 0.0865. The Morgan fingerprint density at radius 1 is 1.23 bits per heavy atom. The van der Waals surface area contributed by atoms with Gasteiger partial charge in [-0.05, 0) is 98.3 Å². The summed E-state index contributed by atoms with van der Waals surface area (Å²) < 4.78 is 0. The molecule has 2 unspecified atom stereocenters. The predicted octanol–water partition coefficient (Wildman–Crippen LogP) is 3.23. The molecule has 0 spiro atoms. The third kappa shape index (κ3) is 2.02. The Bertz CT molecular complexity index is 1090. The van der Waals surface area contributed by atoms with E-state index in [4.69, 9.17) is 0 Å². The highest BCUT2D eigenvalue weighted by Crippen LogP contribution is 2.75. The van der Waals surface area contributed by atoms with Gasteiger partial charge in [-0.1, -0.05) is 12.1 Å². The lowest BCUT2D eigenvalue weighted by molar-refractivity contribution is -0.0926. The molecule has 3 aliphatic carbocycles. The largest absolute Gasteiger partial charge is 0.508 e. The van der Waals surface area contributed by atoms with Crippen molar-refractivity contribution in [1.82, 2.24) is 14.8 Å². The van der Waals surface area contributed by atoms with E-state index in [9.17, 15) is 9.90 Å². The number of nitrogens with zero attached hydrogens (tertiary/aromatic N) is 3. The van der Waals surface area contributed by atoms with E-state index in [1.807, 2.05) is 24.3 Å². The highest BCUT2D eigenvalue weighted by atomic mass is 16.3. The second-order valence-electron chi connectivity index (χ2n) is 10.7. The Labute approximate surface area is 183 Å². The van der Waals surface area contributed by atoms with Crippen LogP contribution in [-0.4, -0.2) is 58.0 Å². The molecule has 7 rings (SSSR count). The van der Waals surface area contributed by atoms with Gasteiger partial charge in [0.1, 0.15) is 11.4 Å². The van der Waals surface area contributed by atoms with E-state index >= 15 is 0 Å². The summed E-state index contributed by atoms with van der Waals surface area (Å²) in [5.74, 6) is 1.52. The van der Waals surface area contributed by atoms with Crippen molar-refractivity contribution in [2.75, 3.05) is 20.1 Å². The fraction of sp³-hybridized carbons (Fsp3) is 0.538. The SMILES string of the molecule is CN1CC[C@@]23c4cc(O)ccc4C[C@@H]1[C@]21CCC2C3[C@@H](CN2C(=O)c2ccccn2)C1. The van der Waals surface area contributed by atoms with Gasteiger partial charge in [0.15, 0.2) is 0 Å². The molecule has 5 nitrogen and oxygen atoms in total. The van der Waals surface area contributed by atoms with E-state index in [2.05, 4.69) is 34.0 Å². The van der Waals surface area contributed by atoms with Gasteiger partial charge in [-0.3, -0.25) is 9.78 Å². The van der Waals surface area contributed by atoms with Gasteiger partial charge in [-0.2, -0.15) is 0 Å². The van der Waals surface area contributed by atoms with Crippen molar-refractivity contribution in [2.45, 2.75) is 49.6 Å². The zero-order valence-corrected chi connectivity index (χ0v) is 18.0. The van der Waals surface area contributed by atoms with Crippen LogP contribution in [0.3, 0.4) is 0 Å². The van der Waals surface area contributed by atoms with Crippen molar-refractivity contribution < 1.29 is 9.90 Å². The Balaban J connectivity index is 1.38. The first kappa shape index (κ1) is 18.2. The molecule has 1 amide bonds. The molecule has 1 aromatic carbocycles. The third-order valence-corrected chi connectivity index (χ3v) is 9.89. The number of phenols is 1. The maximum Gasteiger partial charge on any atom is 0.272 e. The number of aromatic nitrogens is 1. The highest BCUT2D eigenvalue weighted by molar-refractivity contribution is 5.92. The van der Waals surface area contributed by atoms with Crippen LogP contribution in [-0.2, 0) is 11.8 Å². The molecule has 4 bridgehead atoms. The maximum absolute atomic E-state index is 13.5. The summed E-state index contributed by atoms with van der Waals surface area (Å²) in [6.07, 6.45) is 7.44. The van der Waals surface area contributed by atoms with E-state index in [0.717, 1.165) is 32.4 Å². The van der Waals surface area contributed by atoms with Gasteiger partial charge in [0, 0.05) is 30.2 Å². The van der Waals surface area contributed by atoms with Crippen LogP contribution in [0.5, 0.6) is 5.75 Å². The lowest BCUT2D eigenvalue weighted by Gasteiger charge is -2.66. The minimum Gasteiger partial charge on any atom is -0.508 e. The van der Waals surface area contributed by atoms with E-state index < -0.39 is 0 Å². The van der Waals surface area contributed by atoms with Gasteiger partial charge in [0.2, 0.25) is 0 Å². The van der Waals surface area contributed by atoms with Crippen LogP contribution < -0.4 is 0 Å². The fourth-order valence-corrected chi connectivity index (χ4v) is 9.10. The molecule has 0 radical (unpaired) electrons. The smallest absolute Gasteiger partial charge is 0.272 e. The van der Waals surface area contributed by atoms with Gasteiger partial charge in [-0.15, -0.1) is 0 Å². The number of hydrogen-bond donors (Lipinski definition) is 1. The monoisotopic (exact) mass is 415 g/mol. The van der Waals surface area contributed by atoms with E-state index in [1.54, 1.807) is 6.20 Å². The molecule has 2 aromatic rings. The number of amides is 1. The van der Waals surface area contributed by atoms with Crippen LogP contribution in [0.15, 0.2) is 42.6 Å². The lowest BCUT2D eigenvalue weighted by Crippen LogP contribution is -2.69. The van der Waals surface area contributed by atoms with Gasteiger partial charge in [0.25, 0.3) is 5.91 Å². The molecular weight excluding hydrogens is 386 g/mol. The summed E-state index contributed by atoms with van der Waals surface area (Å²) in [6, 6.07) is 12.6. The summed E-state index contributed by atoms with van der Waals surface area (Å²) in [5, 5.41) is 10.5. The summed E-state index contributed by atoms with van der Waals surface area (Å²) >= 11 is 0.